The zero-order chi connectivity index (χ0) is 29.5. The first-order valence-electron chi connectivity index (χ1n) is 13.1. The number of halogens is 1. The summed E-state index contributed by atoms with van der Waals surface area (Å²) < 4.78 is 31.0. The smallest absolute Gasteiger partial charge is 0.337 e. The summed E-state index contributed by atoms with van der Waals surface area (Å²) in [5.74, 6) is 1.71. The van der Waals surface area contributed by atoms with Crippen LogP contribution in [0.5, 0.6) is 23.0 Å². The Hall–Kier alpha value is -3.58. The zero-order valence-electron chi connectivity index (χ0n) is 23.3. The van der Waals surface area contributed by atoms with Crippen LogP contribution in [-0.4, -0.2) is 44.1 Å². The van der Waals surface area contributed by atoms with E-state index < -0.39 is 12.0 Å². The number of aromatic nitrogens is 1. The molecular weight excluding hydrogens is 659 g/mol. The molecule has 3 aromatic rings. The zero-order valence-corrected chi connectivity index (χ0v) is 26.2. The number of nitrogens with zero attached hydrogens (tertiary/aromatic N) is 2. The highest BCUT2D eigenvalue weighted by atomic mass is 127. The lowest BCUT2D eigenvalue weighted by Gasteiger charge is -2.23. The van der Waals surface area contributed by atoms with Crippen molar-refractivity contribution in [1.82, 2.24) is 4.57 Å². The fraction of sp³-hybridized carbons (Fsp3) is 0.300. The fourth-order valence-corrected chi connectivity index (χ4v) is 6.11. The third-order valence-electron chi connectivity index (χ3n) is 5.98. The highest BCUT2D eigenvalue weighted by Gasteiger charge is 2.31. The van der Waals surface area contributed by atoms with Gasteiger partial charge in [-0.25, -0.2) is 9.79 Å². The maximum Gasteiger partial charge on any atom is 0.337 e. The average Bonchev–Trinajstić information content (AvgIpc) is 3.27. The Balaban J connectivity index is 1.88. The van der Waals surface area contributed by atoms with Gasteiger partial charge < -0.3 is 23.7 Å². The molecule has 41 heavy (non-hydrogen) atoms. The molecule has 9 nitrogen and oxygen atoms in total. The molecule has 2 aromatic carbocycles. The van der Waals surface area contributed by atoms with E-state index in [-0.39, 0.29) is 11.1 Å². The maximum atomic E-state index is 13.9. The minimum absolute atomic E-state index is 0.231. The van der Waals surface area contributed by atoms with Gasteiger partial charge in [0.05, 0.1) is 46.6 Å². The molecule has 0 fully saturated rings. The fourth-order valence-electron chi connectivity index (χ4n) is 4.36. The van der Waals surface area contributed by atoms with Crippen molar-refractivity contribution in [3.05, 3.63) is 89.1 Å². The molecule has 0 N–H and O–H groups in total. The molecule has 2 heterocycles. The van der Waals surface area contributed by atoms with Crippen LogP contribution in [0, 0.1) is 3.57 Å². The predicted molar refractivity (Wildman–Crippen MR) is 166 cm³/mol. The lowest BCUT2D eigenvalue weighted by atomic mass is 9.97. The minimum atomic E-state index is -0.774. The Kier molecular flexibility index (Phi) is 10.3. The molecule has 216 valence electrons. The SMILES string of the molecule is C=CCOc1c(I)cc(/C=c2/sc3n(c2=O)[C@H](c2ccc(OCC)c(OCC)c2)C(C(=O)OC)=CN=3)cc1OCC. The molecule has 0 spiro atoms. The maximum absolute atomic E-state index is 13.9. The largest absolute Gasteiger partial charge is 0.490 e. The van der Waals surface area contributed by atoms with E-state index in [0.717, 1.165) is 9.13 Å². The molecule has 0 radical (unpaired) electrons. The molecule has 1 aliphatic rings. The van der Waals surface area contributed by atoms with Crippen LogP contribution in [0.1, 0.15) is 37.9 Å². The van der Waals surface area contributed by atoms with Crippen molar-refractivity contribution < 1.29 is 28.5 Å². The number of hydrogen-bond donors (Lipinski definition) is 0. The standard InChI is InChI=1S/C30H31IN2O7S/c1-6-12-40-27-21(31)13-18(14-24(27)39-9-4)15-25-28(34)33-26(20(29(35)36-5)17-32-30(33)41-25)19-10-11-22(37-7-2)23(16-19)38-8-3/h6,10-11,13-17,26H,1,7-9,12H2,2-5H3/b25-15+/t26-/m1/s1. The summed E-state index contributed by atoms with van der Waals surface area (Å²) in [5, 5.41) is 0. The van der Waals surface area contributed by atoms with Crippen LogP contribution in [0.4, 0.5) is 0 Å². The molecular formula is C30H31IN2O7S. The van der Waals surface area contributed by atoms with Crippen molar-refractivity contribution >= 4 is 46.0 Å². The van der Waals surface area contributed by atoms with Crippen molar-refractivity contribution in [2.45, 2.75) is 26.8 Å². The molecule has 0 bridgehead atoms. The third kappa shape index (κ3) is 6.51. The number of methoxy groups -OCH3 is 1. The summed E-state index contributed by atoms with van der Waals surface area (Å²) in [4.78, 5) is 31.7. The molecule has 0 unspecified atom stereocenters. The lowest BCUT2D eigenvalue weighted by molar-refractivity contribution is -0.136. The van der Waals surface area contributed by atoms with E-state index in [2.05, 4.69) is 34.2 Å². The number of carbonyl (C=O) groups is 1. The van der Waals surface area contributed by atoms with Crippen molar-refractivity contribution in [1.29, 1.82) is 0 Å². The van der Waals surface area contributed by atoms with Gasteiger partial charge in [-0.2, -0.15) is 0 Å². The topological polar surface area (TPSA) is 97.6 Å². The van der Waals surface area contributed by atoms with Gasteiger partial charge in [-0.05, 0) is 84.8 Å². The van der Waals surface area contributed by atoms with E-state index >= 15 is 0 Å². The van der Waals surface area contributed by atoms with Gasteiger partial charge in [0.15, 0.2) is 27.8 Å². The van der Waals surface area contributed by atoms with Crippen LogP contribution < -0.4 is 33.8 Å². The molecule has 1 aliphatic heterocycles. The number of benzene rings is 2. The number of hydrogen-bond acceptors (Lipinski definition) is 9. The first-order chi connectivity index (χ1) is 19.9. The number of thiazole rings is 1. The Morgan fingerprint density at radius 2 is 1.76 bits per heavy atom. The van der Waals surface area contributed by atoms with Crippen molar-refractivity contribution in [2.75, 3.05) is 33.5 Å². The highest BCUT2D eigenvalue weighted by molar-refractivity contribution is 14.1. The number of fused-ring (bicyclic) bond motifs is 1. The molecule has 1 aromatic heterocycles. The van der Waals surface area contributed by atoms with Crippen LogP contribution in [-0.2, 0) is 9.53 Å². The van der Waals surface area contributed by atoms with Crippen LogP contribution in [0.25, 0.3) is 6.08 Å². The Bertz CT molecular complexity index is 1660. The molecule has 0 aliphatic carbocycles. The average molecular weight is 691 g/mol. The molecule has 11 heteroatoms. The Labute approximate surface area is 255 Å². The lowest BCUT2D eigenvalue weighted by Crippen LogP contribution is -2.39. The number of carbonyl (C=O) groups excluding carboxylic acids is 1. The van der Waals surface area contributed by atoms with E-state index in [4.69, 9.17) is 23.7 Å². The predicted octanol–water partition coefficient (Wildman–Crippen LogP) is 4.38. The van der Waals surface area contributed by atoms with Crippen LogP contribution in [0.3, 0.4) is 0 Å². The quantitative estimate of drug-likeness (QED) is 0.158. The molecule has 0 amide bonds. The number of rotatable bonds is 12. The molecule has 0 saturated heterocycles. The summed E-state index contributed by atoms with van der Waals surface area (Å²) in [5.41, 5.74) is 1.36. The van der Waals surface area contributed by atoms with Gasteiger partial charge >= 0.3 is 5.97 Å². The van der Waals surface area contributed by atoms with Gasteiger partial charge in [0, 0.05) is 6.20 Å². The van der Waals surface area contributed by atoms with Gasteiger partial charge in [-0.1, -0.05) is 30.1 Å². The van der Waals surface area contributed by atoms with Crippen LogP contribution >= 0.6 is 33.9 Å². The van der Waals surface area contributed by atoms with E-state index in [1.165, 1.54) is 29.2 Å². The second-order valence-corrected chi connectivity index (χ2v) is 10.8. The van der Waals surface area contributed by atoms with Crippen molar-refractivity contribution in [2.24, 2.45) is 4.99 Å². The minimum Gasteiger partial charge on any atom is -0.490 e. The van der Waals surface area contributed by atoms with Crippen LogP contribution in [0.2, 0.25) is 0 Å². The van der Waals surface area contributed by atoms with E-state index in [9.17, 15) is 9.59 Å². The first kappa shape index (κ1) is 30.4. The first-order valence-corrected chi connectivity index (χ1v) is 14.9. The molecule has 1 atom stereocenters. The number of ether oxygens (including phenoxy) is 5. The van der Waals surface area contributed by atoms with Gasteiger partial charge in [-0.3, -0.25) is 9.36 Å². The second kappa shape index (κ2) is 13.9. The number of esters is 1. The third-order valence-corrected chi connectivity index (χ3v) is 7.78. The van der Waals surface area contributed by atoms with Crippen molar-refractivity contribution in [3.63, 3.8) is 0 Å². The summed E-state index contributed by atoms with van der Waals surface area (Å²) in [6, 6.07) is 8.36. The van der Waals surface area contributed by atoms with Gasteiger partial charge in [0.2, 0.25) is 0 Å². The Morgan fingerprint density at radius 3 is 2.44 bits per heavy atom. The highest BCUT2D eigenvalue weighted by Crippen LogP contribution is 2.36. The molecule has 0 saturated carbocycles. The van der Waals surface area contributed by atoms with Gasteiger partial charge in [0.25, 0.3) is 5.56 Å². The molecule has 4 rings (SSSR count). The van der Waals surface area contributed by atoms with Crippen molar-refractivity contribution in [3.8, 4) is 23.0 Å². The second-order valence-electron chi connectivity index (χ2n) is 8.61. The van der Waals surface area contributed by atoms with E-state index in [0.29, 0.717) is 64.3 Å². The van der Waals surface area contributed by atoms with Gasteiger partial charge in [0.1, 0.15) is 6.61 Å². The Morgan fingerprint density at radius 1 is 1.05 bits per heavy atom. The van der Waals surface area contributed by atoms with E-state index in [1.807, 2.05) is 39.0 Å². The van der Waals surface area contributed by atoms with Crippen LogP contribution in [0.15, 0.2) is 64.5 Å². The van der Waals surface area contributed by atoms with E-state index in [1.54, 1.807) is 24.3 Å². The monoisotopic (exact) mass is 690 g/mol. The summed E-state index contributed by atoms with van der Waals surface area (Å²) in [6.45, 7) is 11.0. The van der Waals surface area contributed by atoms with Gasteiger partial charge in [-0.15, -0.1) is 0 Å². The summed E-state index contributed by atoms with van der Waals surface area (Å²) >= 11 is 3.42. The summed E-state index contributed by atoms with van der Waals surface area (Å²) in [7, 11) is 1.30. The summed E-state index contributed by atoms with van der Waals surface area (Å²) in [6.07, 6.45) is 4.92. The normalized spacial score (nSPS) is 14.4.